The average molecular weight is 285 g/mol. The molecule has 1 aromatic carbocycles. The van der Waals surface area contributed by atoms with Crippen molar-refractivity contribution in [3.63, 3.8) is 0 Å². The van der Waals surface area contributed by atoms with E-state index in [4.69, 9.17) is 0 Å². The van der Waals surface area contributed by atoms with E-state index < -0.39 is 23.7 Å². The number of ether oxygens (including phenoxy) is 1. The molecule has 0 fully saturated rings. The van der Waals surface area contributed by atoms with E-state index in [1.165, 1.54) is 18.2 Å². The number of carbonyl (C=O) groups excluding carboxylic acids is 1. The minimum Gasteiger partial charge on any atom is -0.405 e. The molecule has 0 unspecified atom stereocenters. The first kappa shape index (κ1) is 14.0. The quantitative estimate of drug-likeness (QED) is 0.641. The Morgan fingerprint density at radius 3 is 2.40 bits per heavy atom. The van der Waals surface area contributed by atoms with E-state index in [1.807, 2.05) is 0 Å². The monoisotopic (exact) mass is 285 g/mol. The first-order valence-corrected chi connectivity index (χ1v) is 5.38. The summed E-state index contributed by atoms with van der Waals surface area (Å²) in [6, 6.07) is 6.96. The van der Waals surface area contributed by atoms with E-state index in [0.717, 1.165) is 24.4 Å². The van der Waals surface area contributed by atoms with Crippen LogP contribution in [0.4, 0.5) is 17.6 Å². The maximum absolute atomic E-state index is 12.7. The molecule has 0 aliphatic heterocycles. The number of nitrogens with zero attached hydrogens (tertiary/aromatic N) is 1. The van der Waals surface area contributed by atoms with Crippen molar-refractivity contribution in [3.05, 3.63) is 59.7 Å². The van der Waals surface area contributed by atoms with E-state index in [0.29, 0.717) is 0 Å². The normalized spacial score (nSPS) is 11.2. The van der Waals surface area contributed by atoms with Crippen LogP contribution < -0.4 is 4.74 Å². The Balaban J connectivity index is 2.37. The number of aromatic nitrogens is 1. The van der Waals surface area contributed by atoms with Gasteiger partial charge in [-0.2, -0.15) is 0 Å². The second-order valence-corrected chi connectivity index (χ2v) is 3.73. The zero-order chi connectivity index (χ0) is 14.8. The molecular weight excluding hydrogens is 278 g/mol. The van der Waals surface area contributed by atoms with Gasteiger partial charge >= 0.3 is 6.36 Å². The molecule has 3 nitrogen and oxygen atoms in total. The van der Waals surface area contributed by atoms with Gasteiger partial charge in [-0.05, 0) is 24.3 Å². The lowest BCUT2D eigenvalue weighted by atomic mass is 10.1. The summed E-state index contributed by atoms with van der Waals surface area (Å²) in [7, 11) is 0. The molecule has 0 atom stereocenters. The van der Waals surface area contributed by atoms with Crippen molar-refractivity contribution in [2.75, 3.05) is 0 Å². The zero-order valence-corrected chi connectivity index (χ0v) is 9.82. The van der Waals surface area contributed by atoms with Gasteiger partial charge in [0.25, 0.3) is 0 Å². The van der Waals surface area contributed by atoms with Crippen LogP contribution in [-0.4, -0.2) is 17.1 Å². The van der Waals surface area contributed by atoms with Gasteiger partial charge in [-0.3, -0.25) is 4.79 Å². The minimum atomic E-state index is -4.91. The molecule has 20 heavy (non-hydrogen) atoms. The fraction of sp³-hybridized carbons (Fsp3) is 0.0769. The Kier molecular flexibility index (Phi) is 3.69. The van der Waals surface area contributed by atoms with Crippen molar-refractivity contribution in [3.8, 4) is 5.75 Å². The molecule has 7 heteroatoms. The van der Waals surface area contributed by atoms with Crippen LogP contribution in [0.3, 0.4) is 0 Å². The van der Waals surface area contributed by atoms with Crippen LogP contribution in [0.1, 0.15) is 16.1 Å². The highest BCUT2D eigenvalue weighted by Crippen LogP contribution is 2.27. The fourth-order valence-corrected chi connectivity index (χ4v) is 1.52. The number of carbonyl (C=O) groups is 1. The van der Waals surface area contributed by atoms with Crippen LogP contribution in [-0.2, 0) is 0 Å². The molecular formula is C13H7F4NO2. The Hall–Kier alpha value is -2.44. The molecule has 0 amide bonds. The third-order valence-electron chi connectivity index (χ3n) is 2.32. The molecule has 0 radical (unpaired) electrons. The average Bonchev–Trinajstić information content (AvgIpc) is 2.37. The lowest BCUT2D eigenvalue weighted by Crippen LogP contribution is -2.19. The number of halogens is 4. The highest BCUT2D eigenvalue weighted by atomic mass is 19.4. The van der Waals surface area contributed by atoms with E-state index in [2.05, 4.69) is 9.72 Å². The largest absolute Gasteiger partial charge is 0.573 e. The highest BCUT2D eigenvalue weighted by molar-refractivity contribution is 6.09. The summed E-state index contributed by atoms with van der Waals surface area (Å²) >= 11 is 0. The lowest BCUT2D eigenvalue weighted by molar-refractivity contribution is -0.274. The third kappa shape index (κ3) is 3.31. The standard InChI is InChI=1S/C13H7F4NO2/c14-8-5-6-10(18-7-8)12(19)9-3-1-2-4-11(9)20-13(15,16)17/h1-7H. The second-order valence-electron chi connectivity index (χ2n) is 3.73. The summed E-state index contributed by atoms with van der Waals surface area (Å²) in [5.41, 5.74) is -0.478. The molecule has 0 N–H and O–H groups in total. The van der Waals surface area contributed by atoms with Crippen LogP contribution in [0.2, 0.25) is 0 Å². The summed E-state index contributed by atoms with van der Waals surface area (Å²) < 4.78 is 53.2. The number of alkyl halides is 3. The zero-order valence-electron chi connectivity index (χ0n) is 9.82. The van der Waals surface area contributed by atoms with Gasteiger partial charge < -0.3 is 4.74 Å². The van der Waals surface area contributed by atoms with Crippen molar-refractivity contribution in [2.45, 2.75) is 6.36 Å². The van der Waals surface area contributed by atoms with Crippen molar-refractivity contribution < 1.29 is 27.1 Å². The van der Waals surface area contributed by atoms with E-state index in [9.17, 15) is 22.4 Å². The van der Waals surface area contributed by atoms with Crippen LogP contribution in [0.5, 0.6) is 5.75 Å². The van der Waals surface area contributed by atoms with Gasteiger partial charge in [-0.1, -0.05) is 12.1 Å². The number of ketones is 1. The molecule has 1 aromatic heterocycles. The van der Waals surface area contributed by atoms with Crippen molar-refractivity contribution in [2.24, 2.45) is 0 Å². The fourth-order valence-electron chi connectivity index (χ4n) is 1.52. The summed E-state index contributed by atoms with van der Waals surface area (Å²) in [4.78, 5) is 15.6. The maximum atomic E-state index is 12.7. The summed E-state index contributed by atoms with van der Waals surface area (Å²) in [6.07, 6.45) is -4.10. The molecule has 0 bridgehead atoms. The Morgan fingerprint density at radius 2 is 1.80 bits per heavy atom. The summed E-state index contributed by atoms with van der Waals surface area (Å²) in [5, 5.41) is 0. The van der Waals surface area contributed by atoms with Gasteiger partial charge in [0, 0.05) is 0 Å². The van der Waals surface area contributed by atoms with Gasteiger partial charge in [0.2, 0.25) is 5.78 Å². The lowest BCUT2D eigenvalue weighted by Gasteiger charge is -2.12. The highest BCUT2D eigenvalue weighted by Gasteiger charge is 2.33. The second kappa shape index (κ2) is 5.28. The van der Waals surface area contributed by atoms with Gasteiger partial charge in [-0.15, -0.1) is 13.2 Å². The molecule has 2 aromatic rings. The predicted molar refractivity (Wildman–Crippen MR) is 60.8 cm³/mol. The molecule has 1 heterocycles. The van der Waals surface area contributed by atoms with E-state index in [-0.39, 0.29) is 11.3 Å². The third-order valence-corrected chi connectivity index (χ3v) is 2.32. The van der Waals surface area contributed by atoms with Gasteiger partial charge in [0.1, 0.15) is 17.3 Å². The number of hydrogen-bond acceptors (Lipinski definition) is 3. The van der Waals surface area contributed by atoms with Gasteiger partial charge in [0.15, 0.2) is 0 Å². The first-order valence-electron chi connectivity index (χ1n) is 5.38. The van der Waals surface area contributed by atoms with Crippen molar-refractivity contribution >= 4 is 5.78 Å². The Bertz CT molecular complexity index is 623. The maximum Gasteiger partial charge on any atom is 0.573 e. The van der Waals surface area contributed by atoms with Crippen LogP contribution in [0.15, 0.2) is 42.6 Å². The molecule has 0 saturated heterocycles. The van der Waals surface area contributed by atoms with E-state index in [1.54, 1.807) is 0 Å². The summed E-state index contributed by atoms with van der Waals surface area (Å²) in [6.45, 7) is 0. The first-order chi connectivity index (χ1) is 9.37. The van der Waals surface area contributed by atoms with Gasteiger partial charge in [-0.25, -0.2) is 9.37 Å². The number of para-hydroxylation sites is 1. The van der Waals surface area contributed by atoms with Crippen LogP contribution in [0, 0.1) is 5.82 Å². The molecule has 2 rings (SSSR count). The predicted octanol–water partition coefficient (Wildman–Crippen LogP) is 3.35. The number of benzene rings is 1. The number of rotatable bonds is 3. The molecule has 0 aliphatic carbocycles. The SMILES string of the molecule is O=C(c1ccc(F)cn1)c1ccccc1OC(F)(F)F. The number of pyridine rings is 1. The minimum absolute atomic E-state index is 0.176. The number of hydrogen-bond donors (Lipinski definition) is 0. The Morgan fingerprint density at radius 1 is 1.10 bits per heavy atom. The van der Waals surface area contributed by atoms with Crippen LogP contribution in [0.25, 0.3) is 0 Å². The summed E-state index contributed by atoms with van der Waals surface area (Å²) in [5.74, 6) is -2.07. The molecule has 0 aliphatic rings. The van der Waals surface area contributed by atoms with Gasteiger partial charge in [0.05, 0.1) is 11.8 Å². The molecule has 0 saturated carbocycles. The molecule has 104 valence electrons. The smallest absolute Gasteiger partial charge is 0.405 e. The molecule has 0 spiro atoms. The van der Waals surface area contributed by atoms with E-state index >= 15 is 0 Å². The van der Waals surface area contributed by atoms with Crippen LogP contribution >= 0.6 is 0 Å². The topological polar surface area (TPSA) is 39.2 Å². The van der Waals surface area contributed by atoms with Crippen molar-refractivity contribution in [1.82, 2.24) is 4.98 Å². The van der Waals surface area contributed by atoms with Crippen molar-refractivity contribution in [1.29, 1.82) is 0 Å². The Labute approximate surface area is 110 Å².